The van der Waals surface area contributed by atoms with Gasteiger partial charge in [0.05, 0.1) is 11.6 Å². The highest BCUT2D eigenvalue weighted by molar-refractivity contribution is 5.85. The van der Waals surface area contributed by atoms with E-state index in [1.54, 1.807) is 0 Å². The van der Waals surface area contributed by atoms with Gasteiger partial charge in [0.1, 0.15) is 0 Å². The largest absolute Gasteiger partial charge is 0.381 e. The second-order valence-corrected chi connectivity index (χ2v) is 7.26. The van der Waals surface area contributed by atoms with Gasteiger partial charge in [-0.05, 0) is 24.8 Å². The Kier molecular flexibility index (Phi) is 4.48. The molecule has 1 atom stereocenters. The average molecular weight is 344 g/mol. The zero-order chi connectivity index (χ0) is 17.3. The zero-order valence-corrected chi connectivity index (χ0v) is 14.3. The van der Waals surface area contributed by atoms with Crippen LogP contribution >= 0.6 is 0 Å². The molecule has 1 aromatic carbocycles. The van der Waals surface area contributed by atoms with Gasteiger partial charge < -0.3 is 19.7 Å². The van der Waals surface area contributed by atoms with Crippen LogP contribution in [-0.4, -0.2) is 54.7 Å². The first kappa shape index (κ1) is 16.5. The molecule has 0 saturated carbocycles. The number of carbonyl (C=O) groups excluding carboxylic acids is 2. The lowest BCUT2D eigenvalue weighted by atomic mass is 9.87. The highest BCUT2D eigenvalue weighted by Gasteiger charge is 2.50. The molecule has 3 saturated heterocycles. The summed E-state index contributed by atoms with van der Waals surface area (Å²) in [4.78, 5) is 26.4. The topological polar surface area (TPSA) is 67.9 Å². The Morgan fingerprint density at radius 2 is 1.96 bits per heavy atom. The Balaban J connectivity index is 1.46. The van der Waals surface area contributed by atoms with Crippen molar-refractivity contribution in [3.8, 4) is 0 Å². The number of rotatable bonds is 4. The van der Waals surface area contributed by atoms with Gasteiger partial charge in [0, 0.05) is 32.7 Å². The summed E-state index contributed by atoms with van der Waals surface area (Å²) in [6, 6.07) is 9.67. The monoisotopic (exact) mass is 344 g/mol. The molecule has 0 bridgehead atoms. The summed E-state index contributed by atoms with van der Waals surface area (Å²) in [6.45, 7) is 2.52. The summed E-state index contributed by atoms with van der Waals surface area (Å²) < 4.78 is 11.6. The summed E-state index contributed by atoms with van der Waals surface area (Å²) >= 11 is 0. The van der Waals surface area contributed by atoms with Gasteiger partial charge in [0.15, 0.2) is 6.10 Å². The smallest absolute Gasteiger partial charge is 0.256 e. The molecule has 0 radical (unpaired) electrons. The normalized spacial score (nSPS) is 24.0. The molecule has 3 heterocycles. The van der Waals surface area contributed by atoms with Crippen molar-refractivity contribution in [2.45, 2.75) is 43.4 Å². The Morgan fingerprint density at radius 3 is 2.60 bits per heavy atom. The van der Waals surface area contributed by atoms with E-state index in [0.717, 1.165) is 24.8 Å². The van der Waals surface area contributed by atoms with Gasteiger partial charge in [-0.2, -0.15) is 0 Å². The van der Waals surface area contributed by atoms with Gasteiger partial charge in [-0.15, -0.1) is 0 Å². The summed E-state index contributed by atoms with van der Waals surface area (Å²) in [7, 11) is 0. The molecule has 134 valence electrons. The first-order chi connectivity index (χ1) is 12.2. The molecule has 0 aromatic heterocycles. The average Bonchev–Trinajstić information content (AvgIpc) is 3.02. The SMILES string of the molecule is O=C1CCC2(CN(C(=O)C(OC3CCOCC3)c3ccccc3)C2)N1. The van der Waals surface area contributed by atoms with E-state index in [0.29, 0.717) is 32.7 Å². The number of nitrogens with one attached hydrogen (secondary N) is 1. The molecule has 3 aliphatic heterocycles. The highest BCUT2D eigenvalue weighted by atomic mass is 16.5. The van der Waals surface area contributed by atoms with Crippen molar-refractivity contribution < 1.29 is 19.1 Å². The van der Waals surface area contributed by atoms with Crippen LogP contribution in [0.5, 0.6) is 0 Å². The van der Waals surface area contributed by atoms with Crippen molar-refractivity contribution in [2.75, 3.05) is 26.3 Å². The van der Waals surface area contributed by atoms with E-state index < -0.39 is 6.10 Å². The van der Waals surface area contributed by atoms with E-state index in [-0.39, 0.29) is 23.5 Å². The number of hydrogen-bond donors (Lipinski definition) is 1. The molecule has 6 heteroatoms. The lowest BCUT2D eigenvalue weighted by Crippen LogP contribution is -2.69. The fraction of sp³-hybridized carbons (Fsp3) is 0.579. The van der Waals surface area contributed by atoms with Crippen molar-refractivity contribution >= 4 is 11.8 Å². The molecule has 0 aliphatic carbocycles. The zero-order valence-electron chi connectivity index (χ0n) is 14.3. The number of benzene rings is 1. The summed E-state index contributed by atoms with van der Waals surface area (Å²) in [6.07, 6.45) is 2.46. The third-order valence-corrected chi connectivity index (χ3v) is 5.36. The molecule has 4 rings (SSSR count). The van der Waals surface area contributed by atoms with Gasteiger partial charge >= 0.3 is 0 Å². The molecule has 1 N–H and O–H groups in total. The van der Waals surface area contributed by atoms with Gasteiger partial charge in [-0.1, -0.05) is 30.3 Å². The molecule has 1 unspecified atom stereocenters. The highest BCUT2D eigenvalue weighted by Crippen LogP contribution is 2.34. The van der Waals surface area contributed by atoms with E-state index in [1.807, 2.05) is 35.2 Å². The van der Waals surface area contributed by atoms with Crippen molar-refractivity contribution in [1.82, 2.24) is 10.2 Å². The number of carbonyl (C=O) groups is 2. The maximum atomic E-state index is 13.1. The van der Waals surface area contributed by atoms with Crippen LogP contribution in [0, 0.1) is 0 Å². The van der Waals surface area contributed by atoms with Crippen LogP contribution < -0.4 is 5.32 Å². The van der Waals surface area contributed by atoms with Crippen molar-refractivity contribution in [3.63, 3.8) is 0 Å². The third kappa shape index (κ3) is 3.41. The predicted molar refractivity (Wildman–Crippen MR) is 90.8 cm³/mol. The lowest BCUT2D eigenvalue weighted by molar-refractivity contribution is -0.160. The maximum absolute atomic E-state index is 13.1. The predicted octanol–water partition coefficient (Wildman–Crippen LogP) is 1.41. The molecule has 3 aliphatic rings. The van der Waals surface area contributed by atoms with Crippen LogP contribution in [0.1, 0.15) is 37.4 Å². The molecular formula is C19H24N2O4. The molecule has 1 spiro atoms. The van der Waals surface area contributed by atoms with Gasteiger partial charge in [0.2, 0.25) is 5.91 Å². The molecule has 25 heavy (non-hydrogen) atoms. The van der Waals surface area contributed by atoms with Crippen LogP contribution in [0.3, 0.4) is 0 Å². The Hall–Kier alpha value is -1.92. The third-order valence-electron chi connectivity index (χ3n) is 5.36. The summed E-state index contributed by atoms with van der Waals surface area (Å²) in [5.74, 6) is 0.0784. The fourth-order valence-electron chi connectivity index (χ4n) is 3.93. The Bertz CT molecular complexity index is 636. The van der Waals surface area contributed by atoms with Crippen LogP contribution in [0.2, 0.25) is 0 Å². The van der Waals surface area contributed by atoms with Gasteiger partial charge in [-0.3, -0.25) is 9.59 Å². The van der Waals surface area contributed by atoms with Crippen LogP contribution in [0.4, 0.5) is 0 Å². The summed E-state index contributed by atoms with van der Waals surface area (Å²) in [5, 5.41) is 3.02. The van der Waals surface area contributed by atoms with Crippen LogP contribution in [0.25, 0.3) is 0 Å². The first-order valence-electron chi connectivity index (χ1n) is 9.03. The molecule has 6 nitrogen and oxygen atoms in total. The van der Waals surface area contributed by atoms with E-state index >= 15 is 0 Å². The Morgan fingerprint density at radius 1 is 1.24 bits per heavy atom. The molecular weight excluding hydrogens is 320 g/mol. The second kappa shape index (κ2) is 6.77. The van der Waals surface area contributed by atoms with Crippen molar-refractivity contribution in [1.29, 1.82) is 0 Å². The number of likely N-dealkylation sites (tertiary alicyclic amines) is 1. The Labute approximate surface area is 147 Å². The maximum Gasteiger partial charge on any atom is 0.256 e. The van der Waals surface area contributed by atoms with E-state index in [1.165, 1.54) is 0 Å². The van der Waals surface area contributed by atoms with Gasteiger partial charge in [-0.25, -0.2) is 0 Å². The number of ether oxygens (including phenoxy) is 2. The van der Waals surface area contributed by atoms with Crippen molar-refractivity contribution in [3.05, 3.63) is 35.9 Å². The number of amides is 2. The minimum absolute atomic E-state index is 0.00975. The fourth-order valence-corrected chi connectivity index (χ4v) is 3.93. The van der Waals surface area contributed by atoms with Crippen LogP contribution in [0.15, 0.2) is 30.3 Å². The lowest BCUT2D eigenvalue weighted by Gasteiger charge is -2.48. The van der Waals surface area contributed by atoms with Crippen molar-refractivity contribution in [2.24, 2.45) is 0 Å². The number of hydrogen-bond acceptors (Lipinski definition) is 4. The van der Waals surface area contributed by atoms with Gasteiger partial charge in [0.25, 0.3) is 5.91 Å². The molecule has 2 amide bonds. The van der Waals surface area contributed by atoms with E-state index in [4.69, 9.17) is 9.47 Å². The van der Waals surface area contributed by atoms with E-state index in [2.05, 4.69) is 5.32 Å². The first-order valence-corrected chi connectivity index (χ1v) is 9.03. The number of nitrogens with zero attached hydrogens (tertiary/aromatic N) is 1. The molecule has 1 aromatic rings. The standard InChI is InChI=1S/C19H24N2O4/c22-16-6-9-19(20-16)12-21(13-19)18(23)17(14-4-2-1-3-5-14)25-15-7-10-24-11-8-15/h1-5,15,17H,6-13H2,(H,20,22). The summed E-state index contributed by atoms with van der Waals surface area (Å²) in [5.41, 5.74) is 0.683. The quantitative estimate of drug-likeness (QED) is 0.897. The minimum Gasteiger partial charge on any atom is -0.381 e. The molecule has 3 fully saturated rings. The minimum atomic E-state index is -0.584. The second-order valence-electron chi connectivity index (χ2n) is 7.26. The van der Waals surface area contributed by atoms with Crippen LogP contribution in [-0.2, 0) is 19.1 Å². The van der Waals surface area contributed by atoms with E-state index in [9.17, 15) is 9.59 Å².